The van der Waals surface area contributed by atoms with Gasteiger partial charge < -0.3 is 15.2 Å². The lowest BCUT2D eigenvalue weighted by molar-refractivity contribution is 0.168. The molecule has 0 saturated carbocycles. The lowest BCUT2D eigenvalue weighted by Crippen LogP contribution is -2.39. The first-order valence-electron chi connectivity index (χ1n) is 10.3. The molecule has 1 fully saturated rings. The molecule has 1 unspecified atom stereocenters. The zero-order chi connectivity index (χ0) is 22.2. The van der Waals surface area contributed by atoms with Crippen molar-refractivity contribution in [1.82, 2.24) is 24.6 Å². The summed E-state index contributed by atoms with van der Waals surface area (Å²) in [6.45, 7) is 8.62. The maximum absolute atomic E-state index is 6.20. The zero-order valence-electron chi connectivity index (χ0n) is 18.6. The van der Waals surface area contributed by atoms with Crippen LogP contribution in [-0.2, 0) is 0 Å². The molecule has 1 aromatic carbocycles. The molecule has 1 aliphatic rings. The van der Waals surface area contributed by atoms with Gasteiger partial charge in [0.1, 0.15) is 29.3 Å². The summed E-state index contributed by atoms with van der Waals surface area (Å²) in [5.41, 5.74) is 8.37. The first kappa shape index (κ1) is 20.9. The molecular formula is C23H28N6O2. The smallest absolute Gasteiger partial charge is 0.164 e. The normalized spacial score (nSPS) is 16.9. The molecule has 1 saturated heterocycles. The first-order chi connectivity index (χ1) is 14.8. The molecule has 0 bridgehead atoms. The van der Waals surface area contributed by atoms with Crippen LogP contribution in [0.15, 0.2) is 24.5 Å². The second kappa shape index (κ2) is 8.08. The molecule has 0 aliphatic carbocycles. The van der Waals surface area contributed by atoms with Crippen LogP contribution in [0.25, 0.3) is 11.0 Å². The van der Waals surface area contributed by atoms with Gasteiger partial charge in [-0.2, -0.15) is 5.10 Å². The minimum absolute atomic E-state index is 0.111. The van der Waals surface area contributed by atoms with Gasteiger partial charge in [-0.3, -0.25) is 4.90 Å². The number of aromatic nitrogens is 4. The lowest BCUT2D eigenvalue weighted by atomic mass is 10.1. The standard InChI is InChI=1S/C23H28N6O2/c1-23(2,3)28-9-8-16(13-28)29-22-20(21(24)25-14-26-22)19(27-29)7-6-15-10-17(30-4)12-18(11-15)31-5/h10-12,14,16H,8-9,13H2,1-5H3,(H2,24,25,26). The number of benzene rings is 1. The minimum atomic E-state index is 0.111. The molecule has 162 valence electrons. The lowest BCUT2D eigenvalue weighted by Gasteiger charge is -2.31. The Morgan fingerprint density at radius 2 is 1.77 bits per heavy atom. The molecular weight excluding hydrogens is 392 g/mol. The average Bonchev–Trinajstić information content (AvgIpc) is 3.37. The third-order valence-corrected chi connectivity index (χ3v) is 5.65. The van der Waals surface area contributed by atoms with Crippen LogP contribution < -0.4 is 15.2 Å². The fraction of sp³-hybridized carbons (Fsp3) is 0.435. The number of anilines is 1. The van der Waals surface area contributed by atoms with Gasteiger partial charge in [-0.1, -0.05) is 5.92 Å². The van der Waals surface area contributed by atoms with Crippen LogP contribution in [0.5, 0.6) is 11.5 Å². The van der Waals surface area contributed by atoms with E-state index in [1.165, 1.54) is 6.33 Å². The molecule has 2 N–H and O–H groups in total. The highest BCUT2D eigenvalue weighted by molar-refractivity contribution is 5.90. The number of nitrogen functional groups attached to an aromatic ring is 1. The number of fused-ring (bicyclic) bond motifs is 1. The number of methoxy groups -OCH3 is 2. The van der Waals surface area contributed by atoms with Gasteiger partial charge in [-0.05, 0) is 45.2 Å². The van der Waals surface area contributed by atoms with Crippen molar-refractivity contribution >= 4 is 16.9 Å². The number of nitrogens with zero attached hydrogens (tertiary/aromatic N) is 5. The van der Waals surface area contributed by atoms with Gasteiger partial charge in [0, 0.05) is 30.3 Å². The summed E-state index contributed by atoms with van der Waals surface area (Å²) in [5.74, 6) is 8.06. The van der Waals surface area contributed by atoms with Crippen LogP contribution in [0.1, 0.15) is 44.5 Å². The summed E-state index contributed by atoms with van der Waals surface area (Å²) in [5, 5.41) is 5.51. The highest BCUT2D eigenvalue weighted by Gasteiger charge is 2.33. The fourth-order valence-corrected chi connectivity index (χ4v) is 3.90. The van der Waals surface area contributed by atoms with Crippen molar-refractivity contribution in [3.05, 3.63) is 35.8 Å². The summed E-state index contributed by atoms with van der Waals surface area (Å²) < 4.78 is 12.6. The molecule has 0 spiro atoms. The summed E-state index contributed by atoms with van der Waals surface area (Å²) in [4.78, 5) is 11.1. The van der Waals surface area contributed by atoms with E-state index in [4.69, 9.17) is 20.3 Å². The largest absolute Gasteiger partial charge is 0.497 e. The van der Waals surface area contributed by atoms with E-state index in [-0.39, 0.29) is 11.6 Å². The van der Waals surface area contributed by atoms with Crippen LogP contribution >= 0.6 is 0 Å². The SMILES string of the molecule is COc1cc(C#Cc2nn(C3CCN(C(C)(C)C)C3)c3ncnc(N)c23)cc(OC)c1. The minimum Gasteiger partial charge on any atom is -0.497 e. The van der Waals surface area contributed by atoms with E-state index in [9.17, 15) is 0 Å². The van der Waals surface area contributed by atoms with E-state index in [1.54, 1.807) is 14.2 Å². The van der Waals surface area contributed by atoms with Crippen molar-refractivity contribution in [2.75, 3.05) is 33.0 Å². The highest BCUT2D eigenvalue weighted by atomic mass is 16.5. The quantitative estimate of drug-likeness (QED) is 0.652. The Labute approximate surface area is 182 Å². The summed E-state index contributed by atoms with van der Waals surface area (Å²) in [7, 11) is 3.23. The van der Waals surface area contributed by atoms with Crippen molar-refractivity contribution in [2.24, 2.45) is 0 Å². The monoisotopic (exact) mass is 420 g/mol. The molecule has 4 rings (SSSR count). The molecule has 31 heavy (non-hydrogen) atoms. The number of rotatable bonds is 3. The average molecular weight is 421 g/mol. The van der Waals surface area contributed by atoms with Crippen molar-refractivity contribution in [3.8, 4) is 23.3 Å². The molecule has 1 atom stereocenters. The molecule has 3 aromatic rings. The number of ether oxygens (including phenoxy) is 2. The Balaban J connectivity index is 1.75. The van der Waals surface area contributed by atoms with E-state index in [1.807, 2.05) is 22.9 Å². The molecule has 3 heterocycles. The summed E-state index contributed by atoms with van der Waals surface area (Å²) in [6, 6.07) is 5.73. The van der Waals surface area contributed by atoms with Gasteiger partial charge in [0.05, 0.1) is 25.6 Å². The Kier molecular flexibility index (Phi) is 5.46. The molecule has 0 amide bonds. The van der Waals surface area contributed by atoms with E-state index in [0.717, 1.165) is 30.7 Å². The van der Waals surface area contributed by atoms with Gasteiger partial charge in [0.15, 0.2) is 5.65 Å². The van der Waals surface area contributed by atoms with Gasteiger partial charge in [-0.25, -0.2) is 14.6 Å². The van der Waals surface area contributed by atoms with Crippen LogP contribution in [0.2, 0.25) is 0 Å². The number of hydrogen-bond acceptors (Lipinski definition) is 7. The Bertz CT molecular complexity index is 1150. The molecule has 0 radical (unpaired) electrons. The van der Waals surface area contributed by atoms with Gasteiger partial charge in [0.2, 0.25) is 0 Å². The maximum atomic E-state index is 6.20. The predicted molar refractivity (Wildman–Crippen MR) is 120 cm³/mol. The number of hydrogen-bond donors (Lipinski definition) is 1. The molecule has 8 heteroatoms. The number of likely N-dealkylation sites (tertiary alicyclic amines) is 1. The van der Waals surface area contributed by atoms with Crippen molar-refractivity contribution in [1.29, 1.82) is 0 Å². The highest BCUT2D eigenvalue weighted by Crippen LogP contribution is 2.31. The van der Waals surface area contributed by atoms with E-state index in [2.05, 4.69) is 47.5 Å². The zero-order valence-corrected chi connectivity index (χ0v) is 18.6. The summed E-state index contributed by atoms with van der Waals surface area (Å²) >= 11 is 0. The topological polar surface area (TPSA) is 91.3 Å². The molecule has 2 aromatic heterocycles. The predicted octanol–water partition coefficient (Wildman–Crippen LogP) is 2.87. The third kappa shape index (κ3) is 4.14. The summed E-state index contributed by atoms with van der Waals surface area (Å²) in [6.07, 6.45) is 2.48. The Hall–Kier alpha value is -3.31. The van der Waals surface area contributed by atoms with Crippen LogP contribution in [-0.4, -0.2) is 57.5 Å². The Morgan fingerprint density at radius 1 is 1.06 bits per heavy atom. The van der Waals surface area contributed by atoms with Gasteiger partial charge in [0.25, 0.3) is 0 Å². The molecule has 1 aliphatic heterocycles. The van der Waals surface area contributed by atoms with Crippen LogP contribution in [0.3, 0.4) is 0 Å². The van der Waals surface area contributed by atoms with Crippen molar-refractivity contribution in [3.63, 3.8) is 0 Å². The molecule has 8 nitrogen and oxygen atoms in total. The van der Waals surface area contributed by atoms with E-state index in [0.29, 0.717) is 28.4 Å². The third-order valence-electron chi connectivity index (χ3n) is 5.65. The number of nitrogens with two attached hydrogens (primary N) is 1. The second-order valence-corrected chi connectivity index (χ2v) is 8.66. The van der Waals surface area contributed by atoms with E-state index < -0.39 is 0 Å². The fourth-order valence-electron chi connectivity index (χ4n) is 3.90. The van der Waals surface area contributed by atoms with Crippen molar-refractivity contribution < 1.29 is 9.47 Å². The Morgan fingerprint density at radius 3 is 2.39 bits per heavy atom. The van der Waals surface area contributed by atoms with Gasteiger partial charge in [-0.15, -0.1) is 0 Å². The maximum Gasteiger partial charge on any atom is 0.164 e. The van der Waals surface area contributed by atoms with Crippen LogP contribution in [0, 0.1) is 11.8 Å². The van der Waals surface area contributed by atoms with E-state index >= 15 is 0 Å². The van der Waals surface area contributed by atoms with Gasteiger partial charge >= 0.3 is 0 Å². The van der Waals surface area contributed by atoms with Crippen molar-refractivity contribution in [2.45, 2.75) is 38.8 Å². The second-order valence-electron chi connectivity index (χ2n) is 8.66. The first-order valence-corrected chi connectivity index (χ1v) is 10.3. The van der Waals surface area contributed by atoms with Crippen LogP contribution in [0.4, 0.5) is 5.82 Å².